The standard InChI is InChI=1S/C23H18BrIN2O5/c1-30-18-8-6-15(7-9-18)23(29)32-21-19(25)10-14(11-20(21)31-2)13-26-27-22(28)16-4-3-5-17(24)12-16/h3-13H,1-2H3,(H,27,28)/b26-13-. The summed E-state index contributed by atoms with van der Waals surface area (Å²) in [5, 5.41) is 4.00. The molecule has 1 N–H and O–H groups in total. The van der Waals surface area contributed by atoms with Gasteiger partial charge in [0.2, 0.25) is 0 Å². The average Bonchev–Trinajstić information content (AvgIpc) is 2.80. The maximum absolute atomic E-state index is 12.5. The summed E-state index contributed by atoms with van der Waals surface area (Å²) in [6.45, 7) is 0. The van der Waals surface area contributed by atoms with Crippen LogP contribution in [0.5, 0.6) is 17.2 Å². The number of rotatable bonds is 7. The highest BCUT2D eigenvalue weighted by Gasteiger charge is 2.17. The zero-order chi connectivity index (χ0) is 23.1. The number of hydrogen-bond acceptors (Lipinski definition) is 6. The first-order valence-electron chi connectivity index (χ1n) is 9.24. The second-order valence-corrected chi connectivity index (χ2v) is 8.44. The molecule has 0 saturated carbocycles. The van der Waals surface area contributed by atoms with Gasteiger partial charge in [0.1, 0.15) is 5.75 Å². The summed E-state index contributed by atoms with van der Waals surface area (Å²) >= 11 is 5.38. The second-order valence-electron chi connectivity index (χ2n) is 6.36. The fourth-order valence-corrected chi connectivity index (χ4v) is 3.79. The van der Waals surface area contributed by atoms with E-state index in [1.807, 2.05) is 28.7 Å². The predicted octanol–water partition coefficient (Wildman–Crippen LogP) is 5.05. The van der Waals surface area contributed by atoms with Crippen LogP contribution >= 0.6 is 38.5 Å². The molecule has 0 aromatic heterocycles. The number of halogens is 2. The number of benzene rings is 3. The number of hydrazone groups is 1. The van der Waals surface area contributed by atoms with Gasteiger partial charge in [-0.3, -0.25) is 4.79 Å². The number of carbonyl (C=O) groups is 2. The van der Waals surface area contributed by atoms with Crippen molar-refractivity contribution in [2.75, 3.05) is 14.2 Å². The Morgan fingerprint density at radius 1 is 1.00 bits per heavy atom. The lowest BCUT2D eigenvalue weighted by atomic mass is 10.2. The SMILES string of the molecule is COc1ccc(C(=O)Oc2c(I)cc(/C=N\NC(=O)c3cccc(Br)c3)cc2OC)cc1. The number of carbonyl (C=O) groups excluding carboxylic acids is 2. The van der Waals surface area contributed by atoms with Crippen LogP contribution in [0.2, 0.25) is 0 Å². The van der Waals surface area contributed by atoms with Gasteiger partial charge in [-0.25, -0.2) is 10.2 Å². The van der Waals surface area contributed by atoms with Crippen molar-refractivity contribution in [1.29, 1.82) is 0 Å². The van der Waals surface area contributed by atoms with Gasteiger partial charge in [-0.05, 0) is 82.8 Å². The summed E-state index contributed by atoms with van der Waals surface area (Å²) < 4.78 is 17.5. The van der Waals surface area contributed by atoms with Gasteiger partial charge in [0.25, 0.3) is 5.91 Å². The van der Waals surface area contributed by atoms with Crippen LogP contribution in [0.15, 0.2) is 70.2 Å². The van der Waals surface area contributed by atoms with Crippen LogP contribution in [0.1, 0.15) is 26.3 Å². The number of nitrogens with zero attached hydrogens (tertiary/aromatic N) is 1. The van der Waals surface area contributed by atoms with Gasteiger partial charge < -0.3 is 14.2 Å². The lowest BCUT2D eigenvalue weighted by Gasteiger charge is -2.12. The lowest BCUT2D eigenvalue weighted by Crippen LogP contribution is -2.17. The van der Waals surface area contributed by atoms with Gasteiger partial charge in [0, 0.05) is 10.0 Å². The molecule has 32 heavy (non-hydrogen) atoms. The Balaban J connectivity index is 1.73. The molecule has 0 radical (unpaired) electrons. The Bertz CT molecular complexity index is 1170. The van der Waals surface area contributed by atoms with Crippen LogP contribution in [-0.2, 0) is 0 Å². The van der Waals surface area contributed by atoms with Crippen molar-refractivity contribution >= 4 is 56.6 Å². The molecule has 0 atom stereocenters. The van der Waals surface area contributed by atoms with Crippen molar-refractivity contribution in [3.05, 3.63) is 85.4 Å². The summed E-state index contributed by atoms with van der Waals surface area (Å²) in [7, 11) is 3.03. The van der Waals surface area contributed by atoms with E-state index in [0.29, 0.717) is 37.5 Å². The summed E-state index contributed by atoms with van der Waals surface area (Å²) in [6, 6.07) is 17.0. The predicted molar refractivity (Wildman–Crippen MR) is 133 cm³/mol. The van der Waals surface area contributed by atoms with E-state index < -0.39 is 5.97 Å². The van der Waals surface area contributed by atoms with Gasteiger partial charge in [-0.2, -0.15) is 5.10 Å². The van der Waals surface area contributed by atoms with Crippen molar-refractivity contribution in [2.24, 2.45) is 5.10 Å². The molecule has 3 rings (SSSR count). The van der Waals surface area contributed by atoms with E-state index in [1.54, 1.807) is 61.7 Å². The number of ether oxygens (including phenoxy) is 3. The Hall–Kier alpha value is -2.92. The number of amides is 1. The highest BCUT2D eigenvalue weighted by molar-refractivity contribution is 14.1. The Labute approximate surface area is 207 Å². The van der Waals surface area contributed by atoms with E-state index in [2.05, 4.69) is 26.5 Å². The molecule has 0 saturated heterocycles. The van der Waals surface area contributed by atoms with Gasteiger partial charge in [0.15, 0.2) is 11.5 Å². The van der Waals surface area contributed by atoms with Crippen molar-refractivity contribution in [3.63, 3.8) is 0 Å². The minimum atomic E-state index is -0.522. The lowest BCUT2D eigenvalue weighted by molar-refractivity contribution is 0.0728. The summed E-state index contributed by atoms with van der Waals surface area (Å²) in [5.74, 6) is 0.438. The maximum Gasteiger partial charge on any atom is 0.343 e. The first-order valence-corrected chi connectivity index (χ1v) is 11.1. The molecule has 0 aliphatic carbocycles. The quantitative estimate of drug-likeness (QED) is 0.133. The van der Waals surface area contributed by atoms with Crippen LogP contribution in [0, 0.1) is 3.57 Å². The van der Waals surface area contributed by atoms with E-state index in [1.165, 1.54) is 13.3 Å². The molecule has 0 spiro atoms. The smallest absolute Gasteiger partial charge is 0.343 e. The summed E-state index contributed by atoms with van der Waals surface area (Å²) in [6.07, 6.45) is 1.48. The third-order valence-electron chi connectivity index (χ3n) is 4.24. The molecule has 0 bridgehead atoms. The Kier molecular flexibility index (Phi) is 8.23. The summed E-state index contributed by atoms with van der Waals surface area (Å²) in [5.41, 5.74) is 3.99. The van der Waals surface area contributed by atoms with Crippen LogP contribution in [0.4, 0.5) is 0 Å². The molecule has 0 fully saturated rings. The van der Waals surface area contributed by atoms with Crippen LogP contribution in [-0.4, -0.2) is 32.3 Å². The van der Waals surface area contributed by atoms with Crippen LogP contribution < -0.4 is 19.6 Å². The second kappa shape index (κ2) is 11.1. The van der Waals surface area contributed by atoms with Gasteiger partial charge in [-0.1, -0.05) is 22.0 Å². The van der Waals surface area contributed by atoms with E-state index in [-0.39, 0.29) is 5.91 Å². The van der Waals surface area contributed by atoms with E-state index in [0.717, 1.165) is 4.47 Å². The minimum Gasteiger partial charge on any atom is -0.497 e. The number of hydrogen-bond donors (Lipinski definition) is 1. The fraction of sp³-hybridized carbons (Fsp3) is 0.0870. The summed E-state index contributed by atoms with van der Waals surface area (Å²) in [4.78, 5) is 24.7. The van der Waals surface area contributed by atoms with Gasteiger partial charge in [0.05, 0.1) is 29.6 Å². The fourth-order valence-electron chi connectivity index (χ4n) is 2.65. The Morgan fingerprint density at radius 3 is 2.41 bits per heavy atom. The minimum absolute atomic E-state index is 0.296. The molecule has 1 amide bonds. The van der Waals surface area contributed by atoms with Crippen molar-refractivity contribution < 1.29 is 23.8 Å². The zero-order valence-corrected chi connectivity index (χ0v) is 20.8. The van der Waals surface area contributed by atoms with Gasteiger partial charge in [-0.15, -0.1) is 0 Å². The topological polar surface area (TPSA) is 86.2 Å². The van der Waals surface area contributed by atoms with E-state index >= 15 is 0 Å². The molecule has 0 aliphatic rings. The monoisotopic (exact) mass is 608 g/mol. The van der Waals surface area contributed by atoms with Crippen molar-refractivity contribution in [2.45, 2.75) is 0 Å². The van der Waals surface area contributed by atoms with Crippen LogP contribution in [0.25, 0.3) is 0 Å². The molecule has 0 aliphatic heterocycles. The average molecular weight is 609 g/mol. The molecular formula is C23H18BrIN2O5. The van der Waals surface area contributed by atoms with Crippen molar-refractivity contribution in [3.8, 4) is 17.2 Å². The molecule has 0 heterocycles. The molecule has 3 aromatic rings. The first-order chi connectivity index (χ1) is 15.4. The highest BCUT2D eigenvalue weighted by atomic mass is 127. The number of methoxy groups -OCH3 is 2. The Morgan fingerprint density at radius 2 is 1.75 bits per heavy atom. The van der Waals surface area contributed by atoms with Crippen LogP contribution in [0.3, 0.4) is 0 Å². The zero-order valence-electron chi connectivity index (χ0n) is 17.1. The molecule has 164 valence electrons. The number of esters is 1. The molecule has 9 heteroatoms. The largest absolute Gasteiger partial charge is 0.497 e. The van der Waals surface area contributed by atoms with E-state index in [4.69, 9.17) is 14.2 Å². The molecule has 7 nitrogen and oxygen atoms in total. The molecule has 3 aromatic carbocycles. The van der Waals surface area contributed by atoms with Crippen molar-refractivity contribution in [1.82, 2.24) is 5.43 Å². The third kappa shape index (κ3) is 6.07. The highest BCUT2D eigenvalue weighted by Crippen LogP contribution is 2.34. The molecule has 0 unspecified atom stereocenters. The molecular weight excluding hydrogens is 591 g/mol. The maximum atomic E-state index is 12.5. The van der Waals surface area contributed by atoms with E-state index in [9.17, 15) is 9.59 Å². The normalized spacial score (nSPS) is 10.6. The number of nitrogens with one attached hydrogen (secondary N) is 1. The van der Waals surface area contributed by atoms with Gasteiger partial charge >= 0.3 is 5.97 Å². The third-order valence-corrected chi connectivity index (χ3v) is 5.53. The first kappa shape index (κ1) is 23.7.